The van der Waals surface area contributed by atoms with Crippen LogP contribution in [0.15, 0.2) is 54.6 Å². The number of ether oxygens (including phenoxy) is 1. The molecular weight excluding hydrogens is 356 g/mol. The molecule has 2 heterocycles. The van der Waals surface area contributed by atoms with Gasteiger partial charge in [-0.2, -0.15) is 5.10 Å². The minimum absolute atomic E-state index is 0.00854. The van der Waals surface area contributed by atoms with Gasteiger partial charge in [-0.15, -0.1) is 0 Å². The highest BCUT2D eigenvalue weighted by Gasteiger charge is 2.36. The minimum atomic E-state index is -0.684. The number of hydrogen-bond donors (Lipinski definition) is 2. The molecule has 1 unspecified atom stereocenters. The summed E-state index contributed by atoms with van der Waals surface area (Å²) in [6.45, 7) is 1.90. The highest BCUT2D eigenvalue weighted by atomic mass is 16.5. The second kappa shape index (κ2) is 7.19. The molecule has 7 nitrogen and oxygen atoms in total. The number of fused-ring (bicyclic) bond motifs is 1. The first-order valence-electron chi connectivity index (χ1n) is 8.96. The molecule has 0 saturated carbocycles. The molecule has 0 radical (unpaired) electrons. The maximum absolute atomic E-state index is 12.5. The third kappa shape index (κ3) is 3.22. The van der Waals surface area contributed by atoms with Crippen molar-refractivity contribution in [1.29, 1.82) is 0 Å². The van der Waals surface area contributed by atoms with Gasteiger partial charge in [-0.1, -0.05) is 36.4 Å². The molecule has 0 spiro atoms. The summed E-state index contributed by atoms with van der Waals surface area (Å²) in [4.78, 5) is 25.0. The van der Waals surface area contributed by atoms with Crippen LogP contribution in [0.25, 0.3) is 11.1 Å². The fourth-order valence-electron chi connectivity index (χ4n) is 3.42. The quantitative estimate of drug-likeness (QED) is 0.715. The number of nitrogens with zero attached hydrogens (tertiary/aromatic N) is 2. The van der Waals surface area contributed by atoms with E-state index in [1.807, 2.05) is 37.3 Å². The van der Waals surface area contributed by atoms with E-state index in [0.717, 1.165) is 16.8 Å². The molecule has 142 valence electrons. The predicted molar refractivity (Wildman–Crippen MR) is 106 cm³/mol. The third-order valence-corrected chi connectivity index (χ3v) is 4.72. The lowest BCUT2D eigenvalue weighted by atomic mass is 10.1. The van der Waals surface area contributed by atoms with E-state index in [-0.39, 0.29) is 18.2 Å². The number of hydrogen-bond acceptors (Lipinski definition) is 4. The lowest BCUT2D eigenvalue weighted by molar-refractivity contribution is -0.123. The van der Waals surface area contributed by atoms with Gasteiger partial charge in [0, 0.05) is 17.3 Å². The molecular formula is C21H20N4O3. The summed E-state index contributed by atoms with van der Waals surface area (Å²) in [6.07, 6.45) is -0.00854. The fourth-order valence-corrected chi connectivity index (χ4v) is 3.42. The van der Waals surface area contributed by atoms with Crippen LogP contribution in [0, 0.1) is 6.92 Å². The lowest BCUT2D eigenvalue weighted by Crippen LogP contribution is -2.23. The van der Waals surface area contributed by atoms with Gasteiger partial charge >= 0.3 is 0 Å². The largest absolute Gasteiger partial charge is 0.497 e. The first-order chi connectivity index (χ1) is 13.6. The van der Waals surface area contributed by atoms with Crippen LogP contribution in [-0.4, -0.2) is 28.7 Å². The standard InChI is InChI=1S/C21H20N4O3/c1-13-19(14-7-4-3-5-8-14)20-23-21(27)17(25(20)24-13)12-18(26)22-15-9-6-10-16(11-15)28-2/h3-11,17H,12H2,1-2H3,(H,22,26)(H,23,27). The van der Waals surface area contributed by atoms with Crippen LogP contribution in [0.1, 0.15) is 18.2 Å². The molecule has 1 aromatic heterocycles. The van der Waals surface area contributed by atoms with E-state index in [2.05, 4.69) is 15.7 Å². The Balaban J connectivity index is 1.56. The van der Waals surface area contributed by atoms with E-state index >= 15 is 0 Å². The van der Waals surface area contributed by atoms with Crippen molar-refractivity contribution in [3.8, 4) is 16.9 Å². The van der Waals surface area contributed by atoms with Gasteiger partial charge in [0.15, 0.2) is 0 Å². The molecule has 0 aliphatic carbocycles. The van der Waals surface area contributed by atoms with Crippen molar-refractivity contribution in [2.75, 3.05) is 17.7 Å². The van der Waals surface area contributed by atoms with E-state index in [4.69, 9.17) is 4.74 Å². The average Bonchev–Trinajstić information content (AvgIpc) is 3.16. The lowest BCUT2D eigenvalue weighted by Gasteiger charge is -2.10. The van der Waals surface area contributed by atoms with Crippen molar-refractivity contribution in [3.05, 3.63) is 60.3 Å². The van der Waals surface area contributed by atoms with Gasteiger partial charge in [0.2, 0.25) is 5.91 Å². The number of carbonyl (C=O) groups excluding carboxylic acids is 2. The van der Waals surface area contributed by atoms with E-state index in [9.17, 15) is 9.59 Å². The molecule has 3 aromatic rings. The third-order valence-electron chi connectivity index (χ3n) is 4.72. The van der Waals surface area contributed by atoms with Gasteiger partial charge in [0.25, 0.3) is 5.91 Å². The molecule has 0 fully saturated rings. The van der Waals surface area contributed by atoms with Crippen molar-refractivity contribution >= 4 is 23.3 Å². The Hall–Kier alpha value is -3.61. The molecule has 4 rings (SSSR count). The number of nitrogens with one attached hydrogen (secondary N) is 2. The van der Waals surface area contributed by atoms with E-state index in [0.29, 0.717) is 17.3 Å². The van der Waals surface area contributed by atoms with Crippen LogP contribution < -0.4 is 15.4 Å². The van der Waals surface area contributed by atoms with Gasteiger partial charge in [0.1, 0.15) is 17.6 Å². The highest BCUT2D eigenvalue weighted by Crippen LogP contribution is 2.38. The van der Waals surface area contributed by atoms with Gasteiger partial charge in [-0.05, 0) is 24.6 Å². The minimum Gasteiger partial charge on any atom is -0.497 e. The number of aryl methyl sites for hydroxylation is 1. The molecule has 0 saturated heterocycles. The molecule has 1 aliphatic rings. The summed E-state index contributed by atoms with van der Waals surface area (Å²) < 4.78 is 6.78. The van der Waals surface area contributed by atoms with E-state index in [1.54, 1.807) is 36.1 Å². The van der Waals surface area contributed by atoms with Crippen molar-refractivity contribution in [2.24, 2.45) is 0 Å². The van der Waals surface area contributed by atoms with Crippen LogP contribution >= 0.6 is 0 Å². The fraction of sp³-hybridized carbons (Fsp3) is 0.190. The molecule has 7 heteroatoms. The Bertz CT molecular complexity index is 1040. The Labute approximate surface area is 162 Å². The molecule has 1 aliphatic heterocycles. The number of amides is 2. The summed E-state index contributed by atoms with van der Waals surface area (Å²) in [6, 6.07) is 16.2. The molecule has 2 aromatic carbocycles. The Morgan fingerprint density at radius 1 is 1.21 bits per heavy atom. The maximum Gasteiger partial charge on any atom is 0.251 e. The zero-order valence-corrected chi connectivity index (χ0v) is 15.6. The van der Waals surface area contributed by atoms with Crippen LogP contribution in [0.2, 0.25) is 0 Å². The zero-order chi connectivity index (χ0) is 19.7. The summed E-state index contributed by atoms with van der Waals surface area (Å²) in [5.41, 5.74) is 3.27. The van der Waals surface area contributed by atoms with E-state index in [1.165, 1.54) is 0 Å². The predicted octanol–water partition coefficient (Wildman–Crippen LogP) is 3.39. The first kappa shape index (κ1) is 17.8. The first-order valence-corrected chi connectivity index (χ1v) is 8.96. The summed E-state index contributed by atoms with van der Waals surface area (Å²) >= 11 is 0. The Morgan fingerprint density at radius 2 is 2.00 bits per heavy atom. The summed E-state index contributed by atoms with van der Waals surface area (Å²) in [7, 11) is 1.57. The smallest absolute Gasteiger partial charge is 0.251 e. The van der Waals surface area contributed by atoms with Crippen molar-refractivity contribution in [2.45, 2.75) is 19.4 Å². The van der Waals surface area contributed by atoms with E-state index < -0.39 is 6.04 Å². The zero-order valence-electron chi connectivity index (χ0n) is 15.6. The Kier molecular flexibility index (Phi) is 4.57. The summed E-state index contributed by atoms with van der Waals surface area (Å²) in [5, 5.41) is 10.2. The van der Waals surface area contributed by atoms with Crippen molar-refractivity contribution in [1.82, 2.24) is 9.78 Å². The van der Waals surface area contributed by atoms with Gasteiger partial charge in [-0.3, -0.25) is 9.59 Å². The molecule has 28 heavy (non-hydrogen) atoms. The van der Waals surface area contributed by atoms with Crippen molar-refractivity contribution in [3.63, 3.8) is 0 Å². The SMILES string of the molecule is COc1cccc(NC(=O)CC2C(=O)Nc3c(-c4ccccc4)c(C)nn32)c1. The number of benzene rings is 2. The monoisotopic (exact) mass is 376 g/mol. The molecule has 0 bridgehead atoms. The van der Waals surface area contributed by atoms with Crippen LogP contribution in [0.3, 0.4) is 0 Å². The Morgan fingerprint density at radius 3 is 2.75 bits per heavy atom. The normalized spacial score (nSPS) is 15.1. The number of anilines is 2. The number of methoxy groups -OCH3 is 1. The molecule has 1 atom stereocenters. The number of rotatable bonds is 5. The second-order valence-corrected chi connectivity index (χ2v) is 6.61. The van der Waals surface area contributed by atoms with Gasteiger partial charge < -0.3 is 15.4 Å². The number of carbonyl (C=O) groups is 2. The molecule has 2 amide bonds. The number of aromatic nitrogens is 2. The highest BCUT2D eigenvalue weighted by molar-refractivity contribution is 6.04. The van der Waals surface area contributed by atoms with Crippen LogP contribution in [0.5, 0.6) is 5.75 Å². The van der Waals surface area contributed by atoms with Gasteiger partial charge in [-0.25, -0.2) is 4.68 Å². The second-order valence-electron chi connectivity index (χ2n) is 6.61. The maximum atomic E-state index is 12.5. The van der Waals surface area contributed by atoms with Crippen LogP contribution in [-0.2, 0) is 9.59 Å². The molecule has 2 N–H and O–H groups in total. The topological polar surface area (TPSA) is 85.2 Å². The summed E-state index contributed by atoms with van der Waals surface area (Å²) in [5.74, 6) is 0.776. The van der Waals surface area contributed by atoms with Crippen molar-refractivity contribution < 1.29 is 14.3 Å². The average molecular weight is 376 g/mol. The van der Waals surface area contributed by atoms with Gasteiger partial charge in [0.05, 0.1) is 19.2 Å². The van der Waals surface area contributed by atoms with Crippen LogP contribution in [0.4, 0.5) is 11.5 Å².